The Hall–Kier alpha value is -2.94. The number of nitrogens with one attached hydrogen (secondary N) is 1. The normalized spacial score (nSPS) is 12.9. The maximum Gasteiger partial charge on any atom is 0.143 e. The molecule has 1 aliphatic rings. The first-order chi connectivity index (χ1) is 12.8. The molecule has 0 saturated heterocycles. The van der Waals surface area contributed by atoms with Gasteiger partial charge >= 0.3 is 0 Å². The van der Waals surface area contributed by atoms with E-state index in [-0.39, 0.29) is 0 Å². The minimum absolute atomic E-state index is 0.724. The van der Waals surface area contributed by atoms with Crippen molar-refractivity contribution in [3.05, 3.63) is 65.7 Å². The maximum atomic E-state index is 6.02. The minimum atomic E-state index is 0.724. The van der Waals surface area contributed by atoms with Crippen molar-refractivity contribution in [3.8, 4) is 11.5 Å². The SMILES string of the molecule is CCCOc1cc2ccccc2c2c1NCC(c1ccc(OC)cc1)=C2. The van der Waals surface area contributed by atoms with Crippen LogP contribution in [-0.4, -0.2) is 20.3 Å². The van der Waals surface area contributed by atoms with E-state index in [1.165, 1.54) is 27.5 Å². The first-order valence-electron chi connectivity index (χ1n) is 9.07. The lowest BCUT2D eigenvalue weighted by atomic mass is 9.94. The Bertz CT molecular complexity index is 958. The van der Waals surface area contributed by atoms with Crippen molar-refractivity contribution in [2.24, 2.45) is 0 Å². The van der Waals surface area contributed by atoms with E-state index in [9.17, 15) is 0 Å². The Morgan fingerprint density at radius 3 is 2.62 bits per heavy atom. The number of methoxy groups -OCH3 is 1. The van der Waals surface area contributed by atoms with Crippen molar-refractivity contribution in [1.82, 2.24) is 0 Å². The fourth-order valence-electron chi connectivity index (χ4n) is 3.41. The molecule has 1 aliphatic heterocycles. The summed E-state index contributed by atoms with van der Waals surface area (Å²) in [6.07, 6.45) is 3.28. The smallest absolute Gasteiger partial charge is 0.143 e. The Kier molecular flexibility index (Phi) is 4.53. The zero-order valence-electron chi connectivity index (χ0n) is 15.2. The molecule has 3 nitrogen and oxygen atoms in total. The van der Waals surface area contributed by atoms with Gasteiger partial charge in [-0.2, -0.15) is 0 Å². The van der Waals surface area contributed by atoms with E-state index in [1.54, 1.807) is 7.11 Å². The number of hydrogen-bond donors (Lipinski definition) is 1. The quantitative estimate of drug-likeness (QED) is 0.652. The van der Waals surface area contributed by atoms with Crippen LogP contribution in [0.4, 0.5) is 5.69 Å². The van der Waals surface area contributed by atoms with Crippen LogP contribution in [0.2, 0.25) is 0 Å². The van der Waals surface area contributed by atoms with Crippen molar-refractivity contribution in [3.63, 3.8) is 0 Å². The number of rotatable bonds is 5. The summed E-state index contributed by atoms with van der Waals surface area (Å²) in [5.41, 5.74) is 4.76. The molecular weight excluding hydrogens is 322 g/mol. The lowest BCUT2D eigenvalue weighted by Gasteiger charge is -2.23. The average molecular weight is 345 g/mol. The number of anilines is 1. The number of ether oxygens (including phenoxy) is 2. The van der Waals surface area contributed by atoms with Gasteiger partial charge in [0, 0.05) is 12.1 Å². The third-order valence-electron chi connectivity index (χ3n) is 4.75. The predicted molar refractivity (Wildman–Crippen MR) is 109 cm³/mol. The van der Waals surface area contributed by atoms with Crippen molar-refractivity contribution in [2.45, 2.75) is 13.3 Å². The number of fused-ring (bicyclic) bond motifs is 3. The first kappa shape index (κ1) is 16.5. The van der Waals surface area contributed by atoms with Crippen molar-refractivity contribution >= 4 is 28.1 Å². The van der Waals surface area contributed by atoms with E-state index in [0.29, 0.717) is 0 Å². The third-order valence-corrected chi connectivity index (χ3v) is 4.75. The highest BCUT2D eigenvalue weighted by atomic mass is 16.5. The Morgan fingerprint density at radius 2 is 1.85 bits per heavy atom. The number of hydrogen-bond acceptors (Lipinski definition) is 3. The van der Waals surface area contributed by atoms with Gasteiger partial charge in [-0.15, -0.1) is 0 Å². The van der Waals surface area contributed by atoms with Gasteiger partial charge in [-0.05, 0) is 52.6 Å². The largest absolute Gasteiger partial charge is 0.497 e. The molecule has 0 unspecified atom stereocenters. The molecule has 0 radical (unpaired) electrons. The Morgan fingerprint density at radius 1 is 1.04 bits per heavy atom. The zero-order valence-corrected chi connectivity index (χ0v) is 15.2. The van der Waals surface area contributed by atoms with E-state index in [0.717, 1.165) is 36.8 Å². The fourth-order valence-corrected chi connectivity index (χ4v) is 3.41. The predicted octanol–water partition coefficient (Wildman–Crippen LogP) is 5.60. The van der Waals surface area contributed by atoms with Crippen LogP contribution in [0.25, 0.3) is 22.4 Å². The summed E-state index contributed by atoms with van der Waals surface area (Å²) in [6, 6.07) is 18.8. The summed E-state index contributed by atoms with van der Waals surface area (Å²) in [6.45, 7) is 3.63. The summed E-state index contributed by atoms with van der Waals surface area (Å²) in [4.78, 5) is 0. The highest BCUT2D eigenvalue weighted by Gasteiger charge is 2.18. The lowest BCUT2D eigenvalue weighted by Crippen LogP contribution is -2.12. The lowest BCUT2D eigenvalue weighted by molar-refractivity contribution is 0.319. The first-order valence-corrected chi connectivity index (χ1v) is 9.07. The van der Waals surface area contributed by atoms with E-state index in [1.807, 2.05) is 12.1 Å². The van der Waals surface area contributed by atoms with Gasteiger partial charge in [-0.3, -0.25) is 0 Å². The van der Waals surface area contributed by atoms with Gasteiger partial charge in [-0.25, -0.2) is 0 Å². The van der Waals surface area contributed by atoms with E-state index < -0.39 is 0 Å². The van der Waals surface area contributed by atoms with Gasteiger partial charge in [0.25, 0.3) is 0 Å². The molecule has 0 fully saturated rings. The van der Waals surface area contributed by atoms with Crippen LogP contribution in [0.3, 0.4) is 0 Å². The van der Waals surface area contributed by atoms with Crippen molar-refractivity contribution in [1.29, 1.82) is 0 Å². The summed E-state index contributed by atoms with van der Waals surface area (Å²) >= 11 is 0. The molecule has 1 heterocycles. The van der Waals surface area contributed by atoms with Crippen LogP contribution in [0.1, 0.15) is 24.5 Å². The maximum absolute atomic E-state index is 6.02. The monoisotopic (exact) mass is 345 g/mol. The second-order valence-corrected chi connectivity index (χ2v) is 6.48. The van der Waals surface area contributed by atoms with Gasteiger partial charge in [0.05, 0.1) is 19.4 Å². The van der Waals surface area contributed by atoms with Gasteiger partial charge in [0.15, 0.2) is 0 Å². The van der Waals surface area contributed by atoms with Gasteiger partial charge in [-0.1, -0.05) is 43.3 Å². The molecule has 4 rings (SSSR count). The van der Waals surface area contributed by atoms with Crippen LogP contribution < -0.4 is 14.8 Å². The molecule has 1 N–H and O–H groups in total. The van der Waals surface area contributed by atoms with E-state index in [2.05, 4.69) is 60.8 Å². The standard InChI is InChI=1S/C23H23NO2/c1-3-12-26-22-14-17-6-4-5-7-20(17)21-13-18(15-24-23(21)22)16-8-10-19(25-2)11-9-16/h4-11,13-14,24H,3,12,15H2,1-2H3. The molecule has 0 spiro atoms. The molecule has 132 valence electrons. The second kappa shape index (κ2) is 7.12. The summed E-state index contributed by atoms with van der Waals surface area (Å²) < 4.78 is 11.3. The topological polar surface area (TPSA) is 30.5 Å². The summed E-state index contributed by atoms with van der Waals surface area (Å²) in [7, 11) is 1.69. The summed E-state index contributed by atoms with van der Waals surface area (Å²) in [5, 5.41) is 6.03. The fraction of sp³-hybridized carbons (Fsp3) is 0.217. The molecule has 3 heteroatoms. The zero-order chi connectivity index (χ0) is 17.9. The van der Waals surface area contributed by atoms with Crippen LogP contribution >= 0.6 is 0 Å². The molecule has 0 bridgehead atoms. The van der Waals surface area contributed by atoms with Crippen LogP contribution in [-0.2, 0) is 0 Å². The molecule has 0 aromatic heterocycles. The Labute approximate surface area is 154 Å². The van der Waals surface area contributed by atoms with Gasteiger partial charge in [0.2, 0.25) is 0 Å². The summed E-state index contributed by atoms with van der Waals surface area (Å²) in [5.74, 6) is 1.81. The highest BCUT2D eigenvalue weighted by Crippen LogP contribution is 2.41. The molecule has 0 atom stereocenters. The molecule has 26 heavy (non-hydrogen) atoms. The molecule has 3 aromatic rings. The third kappa shape index (κ3) is 3.01. The van der Waals surface area contributed by atoms with Crippen molar-refractivity contribution < 1.29 is 9.47 Å². The van der Waals surface area contributed by atoms with E-state index in [4.69, 9.17) is 9.47 Å². The molecular formula is C23H23NO2. The van der Waals surface area contributed by atoms with Gasteiger partial charge < -0.3 is 14.8 Å². The van der Waals surface area contributed by atoms with Crippen LogP contribution in [0.15, 0.2) is 54.6 Å². The highest BCUT2D eigenvalue weighted by molar-refractivity contribution is 6.04. The van der Waals surface area contributed by atoms with E-state index >= 15 is 0 Å². The van der Waals surface area contributed by atoms with Gasteiger partial charge in [0.1, 0.15) is 11.5 Å². The average Bonchev–Trinajstić information content (AvgIpc) is 2.71. The number of benzene rings is 3. The van der Waals surface area contributed by atoms with Crippen LogP contribution in [0.5, 0.6) is 11.5 Å². The molecule has 0 aliphatic carbocycles. The Balaban J connectivity index is 1.83. The molecule has 0 saturated carbocycles. The molecule has 3 aromatic carbocycles. The minimum Gasteiger partial charge on any atom is -0.497 e. The van der Waals surface area contributed by atoms with Crippen LogP contribution in [0, 0.1) is 0 Å². The van der Waals surface area contributed by atoms with Crippen molar-refractivity contribution in [2.75, 3.05) is 25.6 Å². The molecule has 0 amide bonds. The second-order valence-electron chi connectivity index (χ2n) is 6.48.